The number of Topliss-reactive ketones (excluding diaryl/α,β-unsaturated/α-hetero) is 1. The van der Waals surface area contributed by atoms with Crippen LogP contribution in [0.2, 0.25) is 0 Å². The Morgan fingerprint density at radius 1 is 1.46 bits per heavy atom. The Morgan fingerprint density at radius 3 is 2.38 bits per heavy atom. The number of rotatable bonds is 1. The molecule has 0 aromatic carbocycles. The van der Waals surface area contributed by atoms with Crippen LogP contribution in [0, 0.1) is 28.1 Å². The van der Waals surface area contributed by atoms with E-state index in [9.17, 15) is 4.79 Å². The largest absolute Gasteiger partial charge is 0.312 e. The fraction of sp³-hybridized carbons (Fsp3) is 0.818. The molecular weight excluding hydrogens is 162 g/mol. The molecule has 1 N–H and O–H groups in total. The first-order valence-corrected chi connectivity index (χ1v) is 5.00. The van der Waals surface area contributed by atoms with Crippen molar-refractivity contribution in [3.8, 4) is 0 Å². The molecule has 72 valence electrons. The minimum absolute atomic E-state index is 0.0891. The third-order valence-electron chi connectivity index (χ3n) is 4.76. The van der Waals surface area contributed by atoms with E-state index >= 15 is 0 Å². The Morgan fingerprint density at radius 2 is 2.08 bits per heavy atom. The fourth-order valence-electron chi connectivity index (χ4n) is 3.35. The van der Waals surface area contributed by atoms with Crippen molar-refractivity contribution in [2.24, 2.45) is 22.7 Å². The second kappa shape index (κ2) is 2.23. The quantitative estimate of drug-likeness (QED) is 0.616. The lowest BCUT2D eigenvalue weighted by Crippen LogP contribution is -2.33. The highest BCUT2D eigenvalue weighted by molar-refractivity contribution is 6.01. The van der Waals surface area contributed by atoms with Crippen LogP contribution in [-0.2, 0) is 4.79 Å². The van der Waals surface area contributed by atoms with Gasteiger partial charge in [0.2, 0.25) is 0 Å². The fourth-order valence-corrected chi connectivity index (χ4v) is 3.35. The molecule has 2 nitrogen and oxygen atoms in total. The van der Waals surface area contributed by atoms with Crippen molar-refractivity contribution in [1.82, 2.24) is 0 Å². The highest BCUT2D eigenvalue weighted by atomic mass is 16.1. The summed E-state index contributed by atoms with van der Waals surface area (Å²) in [6.45, 7) is 6.46. The maximum Gasteiger partial charge on any atom is 0.147 e. The van der Waals surface area contributed by atoms with E-state index in [1.807, 2.05) is 0 Å². The lowest BCUT2D eigenvalue weighted by molar-refractivity contribution is -0.129. The van der Waals surface area contributed by atoms with Crippen LogP contribution in [0.15, 0.2) is 0 Å². The van der Waals surface area contributed by atoms with Crippen molar-refractivity contribution in [1.29, 1.82) is 5.41 Å². The molecule has 0 spiro atoms. The van der Waals surface area contributed by atoms with Crippen molar-refractivity contribution in [2.45, 2.75) is 33.6 Å². The van der Waals surface area contributed by atoms with Crippen molar-refractivity contribution in [3.63, 3.8) is 0 Å². The van der Waals surface area contributed by atoms with Crippen LogP contribution in [-0.4, -0.2) is 12.0 Å². The highest BCUT2D eigenvalue weighted by Crippen LogP contribution is 2.65. The van der Waals surface area contributed by atoms with Gasteiger partial charge in [0.05, 0.1) is 5.92 Å². The molecule has 0 radical (unpaired) electrons. The number of fused-ring (bicyclic) bond motifs is 2. The second-order valence-corrected chi connectivity index (χ2v) is 5.26. The molecule has 2 aliphatic carbocycles. The summed E-state index contributed by atoms with van der Waals surface area (Å²) in [5.41, 5.74) is -0.0494. The van der Waals surface area contributed by atoms with Gasteiger partial charge in [-0.3, -0.25) is 4.79 Å². The normalized spacial score (nSPS) is 46.8. The van der Waals surface area contributed by atoms with E-state index in [4.69, 9.17) is 5.41 Å². The number of hydrogen-bond donors (Lipinski definition) is 1. The van der Waals surface area contributed by atoms with E-state index < -0.39 is 0 Å². The van der Waals surface area contributed by atoms with E-state index in [1.165, 1.54) is 6.21 Å². The molecule has 0 heterocycles. The van der Waals surface area contributed by atoms with Gasteiger partial charge in [-0.1, -0.05) is 20.8 Å². The maximum atomic E-state index is 12.0. The lowest BCUT2D eigenvalue weighted by Gasteiger charge is -2.32. The van der Waals surface area contributed by atoms with Gasteiger partial charge in [0.1, 0.15) is 5.78 Å². The molecule has 2 fully saturated rings. The molecule has 2 saturated carbocycles. The summed E-state index contributed by atoms with van der Waals surface area (Å²) in [7, 11) is 0. The molecule has 0 aliphatic heterocycles. The monoisotopic (exact) mass is 179 g/mol. The zero-order chi connectivity index (χ0) is 9.85. The van der Waals surface area contributed by atoms with Crippen LogP contribution in [0.3, 0.4) is 0 Å². The van der Waals surface area contributed by atoms with Gasteiger partial charge in [-0.05, 0) is 24.2 Å². The first-order chi connectivity index (χ1) is 5.95. The SMILES string of the molecule is CC1(C)[C@@H]2CC[C@]1(C)C(=O)[C@@H]2C=N. The summed E-state index contributed by atoms with van der Waals surface area (Å²) in [6.07, 6.45) is 3.50. The standard InChI is InChI=1S/C11H17NO/c1-10(2)8-4-5-11(10,3)9(13)7(8)6-12/h6-8,12H,4-5H2,1-3H3/t7-,8-,11-/m1/s1. The van der Waals surface area contributed by atoms with Crippen molar-refractivity contribution in [3.05, 3.63) is 0 Å². The van der Waals surface area contributed by atoms with E-state index in [0.29, 0.717) is 11.7 Å². The molecule has 0 amide bonds. The summed E-state index contributed by atoms with van der Waals surface area (Å²) in [6, 6.07) is 0. The van der Waals surface area contributed by atoms with Gasteiger partial charge in [0.15, 0.2) is 0 Å². The Balaban J connectivity index is 2.50. The number of nitrogens with one attached hydrogen (secondary N) is 1. The van der Waals surface area contributed by atoms with Crippen LogP contribution >= 0.6 is 0 Å². The van der Waals surface area contributed by atoms with Crippen molar-refractivity contribution < 1.29 is 4.79 Å². The average molecular weight is 179 g/mol. The number of hydrogen-bond acceptors (Lipinski definition) is 2. The zero-order valence-electron chi connectivity index (χ0n) is 8.55. The van der Waals surface area contributed by atoms with Gasteiger partial charge in [-0.25, -0.2) is 0 Å². The molecule has 2 heteroatoms. The average Bonchev–Trinajstić information content (AvgIpc) is 2.36. The first-order valence-electron chi connectivity index (χ1n) is 5.00. The van der Waals surface area contributed by atoms with Gasteiger partial charge in [-0.15, -0.1) is 0 Å². The van der Waals surface area contributed by atoms with Gasteiger partial charge in [0.25, 0.3) is 0 Å². The summed E-state index contributed by atoms with van der Waals surface area (Å²) in [4.78, 5) is 12.0. The Bertz CT molecular complexity index is 282. The van der Waals surface area contributed by atoms with E-state index in [2.05, 4.69) is 20.8 Å². The first kappa shape index (κ1) is 8.92. The Labute approximate surface area is 79.2 Å². The molecular formula is C11H17NO. The minimum Gasteiger partial charge on any atom is -0.312 e. The predicted molar refractivity (Wildman–Crippen MR) is 51.9 cm³/mol. The molecule has 2 aliphatic rings. The second-order valence-electron chi connectivity index (χ2n) is 5.26. The van der Waals surface area contributed by atoms with Gasteiger partial charge in [-0.2, -0.15) is 0 Å². The lowest BCUT2D eigenvalue weighted by atomic mass is 9.70. The zero-order valence-corrected chi connectivity index (χ0v) is 8.55. The minimum atomic E-state index is -0.153. The predicted octanol–water partition coefficient (Wildman–Crippen LogP) is 2.28. The Kier molecular flexibility index (Phi) is 1.53. The van der Waals surface area contributed by atoms with E-state index in [0.717, 1.165) is 12.8 Å². The number of carbonyl (C=O) groups excluding carboxylic acids is 1. The molecule has 13 heavy (non-hydrogen) atoms. The van der Waals surface area contributed by atoms with Crippen LogP contribution in [0.1, 0.15) is 33.6 Å². The topological polar surface area (TPSA) is 40.9 Å². The van der Waals surface area contributed by atoms with Gasteiger partial charge >= 0.3 is 0 Å². The molecule has 0 aromatic heterocycles. The Hall–Kier alpha value is -0.660. The molecule has 0 aromatic rings. The third-order valence-corrected chi connectivity index (χ3v) is 4.76. The van der Waals surface area contributed by atoms with Crippen LogP contribution < -0.4 is 0 Å². The number of carbonyl (C=O) groups is 1. The molecule has 0 unspecified atom stereocenters. The summed E-state index contributed by atoms with van der Waals surface area (Å²) < 4.78 is 0. The third kappa shape index (κ3) is 0.749. The molecule has 2 rings (SSSR count). The van der Waals surface area contributed by atoms with Crippen molar-refractivity contribution in [2.75, 3.05) is 0 Å². The van der Waals surface area contributed by atoms with Crippen molar-refractivity contribution >= 4 is 12.0 Å². The molecule has 3 atom stereocenters. The van der Waals surface area contributed by atoms with Crippen LogP contribution in [0.4, 0.5) is 0 Å². The summed E-state index contributed by atoms with van der Waals surface area (Å²) in [5, 5.41) is 7.30. The maximum absolute atomic E-state index is 12.0. The summed E-state index contributed by atoms with van der Waals surface area (Å²) in [5.74, 6) is 0.639. The number of ketones is 1. The van der Waals surface area contributed by atoms with Gasteiger partial charge in [0, 0.05) is 11.6 Å². The summed E-state index contributed by atoms with van der Waals surface area (Å²) >= 11 is 0. The smallest absolute Gasteiger partial charge is 0.147 e. The highest BCUT2D eigenvalue weighted by Gasteiger charge is 2.65. The van der Waals surface area contributed by atoms with Crippen LogP contribution in [0.5, 0.6) is 0 Å². The van der Waals surface area contributed by atoms with Gasteiger partial charge < -0.3 is 5.41 Å². The molecule has 0 saturated heterocycles. The van der Waals surface area contributed by atoms with Crippen LogP contribution in [0.25, 0.3) is 0 Å². The molecule has 2 bridgehead atoms. The van der Waals surface area contributed by atoms with E-state index in [-0.39, 0.29) is 16.7 Å². The van der Waals surface area contributed by atoms with E-state index in [1.54, 1.807) is 0 Å².